The van der Waals surface area contributed by atoms with Crippen LogP contribution in [-0.2, 0) is 0 Å². The molecule has 1 aromatic carbocycles. The second kappa shape index (κ2) is 3.24. The van der Waals surface area contributed by atoms with E-state index in [1.165, 1.54) is 0 Å². The van der Waals surface area contributed by atoms with Crippen molar-refractivity contribution in [3.05, 3.63) is 34.4 Å². The molecule has 0 spiro atoms. The summed E-state index contributed by atoms with van der Waals surface area (Å²) in [7, 11) is 0. The number of rotatable bonds is 1. The van der Waals surface area contributed by atoms with Crippen LogP contribution in [0, 0.1) is 11.6 Å². The zero-order chi connectivity index (χ0) is 9.42. The van der Waals surface area contributed by atoms with Crippen molar-refractivity contribution in [2.45, 2.75) is 12.5 Å². The van der Waals surface area contributed by atoms with Crippen molar-refractivity contribution in [3.8, 4) is 0 Å². The summed E-state index contributed by atoms with van der Waals surface area (Å²) < 4.78 is 26.2. The first-order chi connectivity index (χ1) is 6.18. The van der Waals surface area contributed by atoms with Crippen LogP contribution in [0.4, 0.5) is 8.78 Å². The average Bonchev–Trinajstić information content (AvgIpc) is 1.96. The first kappa shape index (κ1) is 8.91. The molecule has 1 heterocycles. The highest BCUT2D eigenvalue weighted by Gasteiger charge is 2.22. The van der Waals surface area contributed by atoms with E-state index in [2.05, 4.69) is 5.32 Å². The van der Waals surface area contributed by atoms with Crippen LogP contribution in [0.3, 0.4) is 0 Å². The minimum absolute atomic E-state index is 0.0493. The van der Waals surface area contributed by atoms with Crippen LogP contribution in [0.1, 0.15) is 18.0 Å². The molecule has 1 N–H and O–H groups in total. The fourth-order valence-electron chi connectivity index (χ4n) is 1.36. The Kier molecular flexibility index (Phi) is 2.22. The molecule has 0 saturated carbocycles. The first-order valence-electron chi connectivity index (χ1n) is 4.06. The van der Waals surface area contributed by atoms with Gasteiger partial charge in [-0.1, -0.05) is 11.6 Å². The van der Waals surface area contributed by atoms with Crippen LogP contribution >= 0.6 is 11.6 Å². The Bertz CT molecular complexity index is 337. The van der Waals surface area contributed by atoms with Gasteiger partial charge < -0.3 is 5.32 Å². The maximum atomic E-state index is 13.2. The fraction of sp³-hybridized carbons (Fsp3) is 0.333. The Balaban J connectivity index is 2.39. The van der Waals surface area contributed by atoms with Gasteiger partial charge in [0.25, 0.3) is 0 Å². The molecule has 4 heteroatoms. The minimum atomic E-state index is -0.563. The number of hydrogen-bond acceptors (Lipinski definition) is 1. The maximum Gasteiger partial charge on any atom is 0.142 e. The van der Waals surface area contributed by atoms with Crippen molar-refractivity contribution >= 4 is 11.6 Å². The summed E-state index contributed by atoms with van der Waals surface area (Å²) in [6.07, 6.45) is 0.845. The molecule has 1 fully saturated rings. The molecule has 1 aliphatic heterocycles. The molecule has 1 aromatic rings. The Hall–Kier alpha value is -0.670. The molecule has 0 radical (unpaired) electrons. The zero-order valence-electron chi connectivity index (χ0n) is 6.78. The smallest absolute Gasteiger partial charge is 0.142 e. The molecule has 70 valence electrons. The van der Waals surface area contributed by atoms with Crippen molar-refractivity contribution in [1.29, 1.82) is 0 Å². The molecular formula is C9H8ClF2N. The van der Waals surface area contributed by atoms with Gasteiger partial charge in [0.15, 0.2) is 0 Å². The van der Waals surface area contributed by atoms with Gasteiger partial charge in [-0.25, -0.2) is 8.78 Å². The molecular weight excluding hydrogens is 196 g/mol. The summed E-state index contributed by atoms with van der Waals surface area (Å²) in [5.41, 5.74) is 0.369. The highest BCUT2D eigenvalue weighted by atomic mass is 35.5. The van der Waals surface area contributed by atoms with E-state index in [4.69, 9.17) is 11.6 Å². The second-order valence-electron chi connectivity index (χ2n) is 3.08. The van der Waals surface area contributed by atoms with Gasteiger partial charge in [0.1, 0.15) is 11.6 Å². The van der Waals surface area contributed by atoms with Crippen LogP contribution in [0.15, 0.2) is 12.1 Å². The van der Waals surface area contributed by atoms with Gasteiger partial charge in [0, 0.05) is 11.6 Å². The van der Waals surface area contributed by atoms with Gasteiger partial charge in [-0.2, -0.15) is 0 Å². The Labute approximate surface area is 79.7 Å². The molecule has 13 heavy (non-hydrogen) atoms. The minimum Gasteiger partial charge on any atom is -0.310 e. The fourth-order valence-corrected chi connectivity index (χ4v) is 1.51. The molecule has 1 nitrogen and oxygen atoms in total. The summed E-state index contributed by atoms with van der Waals surface area (Å²) in [5.74, 6) is -1.00. The lowest BCUT2D eigenvalue weighted by atomic mass is 9.97. The van der Waals surface area contributed by atoms with Crippen LogP contribution in [0.5, 0.6) is 0 Å². The predicted octanol–water partition coefficient (Wildman–Crippen LogP) is 2.65. The Morgan fingerprint density at radius 3 is 2.54 bits per heavy atom. The van der Waals surface area contributed by atoms with Gasteiger partial charge in [0.2, 0.25) is 0 Å². The van der Waals surface area contributed by atoms with Crippen LogP contribution in [0.25, 0.3) is 0 Å². The van der Waals surface area contributed by atoms with E-state index in [0.717, 1.165) is 25.1 Å². The highest BCUT2D eigenvalue weighted by Crippen LogP contribution is 2.28. The quantitative estimate of drug-likeness (QED) is 0.692. The van der Waals surface area contributed by atoms with E-state index in [0.29, 0.717) is 5.56 Å². The lowest BCUT2D eigenvalue weighted by molar-refractivity contribution is 0.368. The zero-order valence-corrected chi connectivity index (χ0v) is 7.54. The third-order valence-electron chi connectivity index (χ3n) is 2.24. The SMILES string of the molecule is Fc1cc(C2CCN2)c(F)cc1Cl. The molecule has 0 bridgehead atoms. The maximum absolute atomic E-state index is 13.2. The molecule has 0 amide bonds. The molecule has 2 rings (SSSR count). The third kappa shape index (κ3) is 1.54. The molecule has 1 atom stereocenters. The summed E-state index contributed by atoms with van der Waals surface area (Å²) in [6.45, 7) is 0.856. The lowest BCUT2D eigenvalue weighted by Crippen LogP contribution is -2.35. The van der Waals surface area contributed by atoms with Crippen molar-refractivity contribution in [1.82, 2.24) is 5.32 Å². The van der Waals surface area contributed by atoms with Crippen LogP contribution in [0.2, 0.25) is 5.02 Å². The van der Waals surface area contributed by atoms with Crippen molar-refractivity contribution < 1.29 is 8.78 Å². The monoisotopic (exact) mass is 203 g/mol. The number of halogens is 3. The lowest BCUT2D eigenvalue weighted by Gasteiger charge is -2.28. The van der Waals surface area contributed by atoms with Crippen molar-refractivity contribution in [2.75, 3.05) is 6.54 Å². The van der Waals surface area contributed by atoms with E-state index in [1.807, 2.05) is 0 Å². The van der Waals surface area contributed by atoms with Gasteiger partial charge in [0.05, 0.1) is 5.02 Å². The van der Waals surface area contributed by atoms with Crippen LogP contribution in [-0.4, -0.2) is 6.54 Å². The largest absolute Gasteiger partial charge is 0.310 e. The number of hydrogen-bond donors (Lipinski definition) is 1. The molecule has 1 aliphatic rings. The van der Waals surface area contributed by atoms with Crippen LogP contribution < -0.4 is 5.32 Å². The van der Waals surface area contributed by atoms with E-state index in [9.17, 15) is 8.78 Å². The Morgan fingerprint density at radius 2 is 2.00 bits per heavy atom. The highest BCUT2D eigenvalue weighted by molar-refractivity contribution is 6.30. The van der Waals surface area contributed by atoms with E-state index in [-0.39, 0.29) is 11.1 Å². The molecule has 1 unspecified atom stereocenters. The topological polar surface area (TPSA) is 12.0 Å². The normalized spacial score (nSPS) is 21.3. The predicted molar refractivity (Wildman–Crippen MR) is 46.7 cm³/mol. The first-order valence-corrected chi connectivity index (χ1v) is 4.44. The number of nitrogens with one attached hydrogen (secondary N) is 1. The average molecular weight is 204 g/mol. The van der Waals surface area contributed by atoms with Gasteiger partial charge in [-0.05, 0) is 25.1 Å². The summed E-state index contributed by atoms with van der Waals surface area (Å²) >= 11 is 5.42. The van der Waals surface area contributed by atoms with Crippen molar-refractivity contribution in [2.24, 2.45) is 0 Å². The second-order valence-corrected chi connectivity index (χ2v) is 3.49. The molecule has 1 saturated heterocycles. The summed E-state index contributed by atoms with van der Waals surface area (Å²) in [5, 5.41) is 2.83. The van der Waals surface area contributed by atoms with Crippen molar-refractivity contribution in [3.63, 3.8) is 0 Å². The van der Waals surface area contributed by atoms with Gasteiger partial charge in [-0.15, -0.1) is 0 Å². The number of benzene rings is 1. The van der Waals surface area contributed by atoms with Gasteiger partial charge in [-0.3, -0.25) is 0 Å². The Morgan fingerprint density at radius 1 is 1.31 bits per heavy atom. The van der Waals surface area contributed by atoms with E-state index < -0.39 is 11.6 Å². The standard InChI is InChI=1S/C9H8ClF2N/c10-6-4-7(11)5(3-8(6)12)9-1-2-13-9/h3-4,9,13H,1-2H2. The summed E-state index contributed by atoms with van der Waals surface area (Å²) in [4.78, 5) is 0. The van der Waals surface area contributed by atoms with E-state index >= 15 is 0 Å². The molecule has 0 aliphatic carbocycles. The van der Waals surface area contributed by atoms with Gasteiger partial charge >= 0.3 is 0 Å². The summed E-state index contributed by atoms with van der Waals surface area (Å²) in [6, 6.07) is 2.13. The third-order valence-corrected chi connectivity index (χ3v) is 2.53. The van der Waals surface area contributed by atoms with E-state index in [1.54, 1.807) is 0 Å². The molecule has 0 aromatic heterocycles.